The molecule has 1 unspecified atom stereocenters. The van der Waals surface area contributed by atoms with Gasteiger partial charge in [0.1, 0.15) is 11.7 Å². The lowest BCUT2D eigenvalue weighted by Gasteiger charge is -2.13. The minimum absolute atomic E-state index is 0.376. The number of carboxylic acids is 1. The van der Waals surface area contributed by atoms with E-state index in [-0.39, 0.29) is 0 Å². The Morgan fingerprint density at radius 3 is 2.80 bits per heavy atom. The van der Waals surface area contributed by atoms with Gasteiger partial charge in [0, 0.05) is 10.9 Å². The van der Waals surface area contributed by atoms with Gasteiger partial charge in [0.2, 0.25) is 0 Å². The lowest BCUT2D eigenvalue weighted by Crippen LogP contribution is -2.41. The van der Waals surface area contributed by atoms with Crippen LogP contribution in [0.2, 0.25) is 0 Å². The van der Waals surface area contributed by atoms with Crippen LogP contribution in [-0.2, 0) is 4.79 Å². The van der Waals surface area contributed by atoms with Gasteiger partial charge in [-0.05, 0) is 30.6 Å². The molecular weight excluding hydrogens is 276 g/mol. The van der Waals surface area contributed by atoms with E-state index in [0.717, 1.165) is 10.9 Å². The Bertz CT molecular complexity index is 591. The highest BCUT2D eigenvalue weighted by Gasteiger charge is 2.20. The normalized spacial score (nSPS) is 12.2. The number of hydrogen-bond acceptors (Lipinski definition) is 3. The van der Waals surface area contributed by atoms with Gasteiger partial charge in [-0.25, -0.2) is 4.79 Å². The van der Waals surface area contributed by atoms with E-state index < -0.39 is 17.9 Å². The Balaban J connectivity index is 2.11. The van der Waals surface area contributed by atoms with Gasteiger partial charge in [-0.2, -0.15) is 11.8 Å². The summed E-state index contributed by atoms with van der Waals surface area (Å²) in [5.74, 6) is -0.720. The maximum Gasteiger partial charge on any atom is 0.326 e. The van der Waals surface area contributed by atoms with Crippen molar-refractivity contribution in [2.24, 2.45) is 0 Å². The number of fused-ring (bicyclic) bond motifs is 1. The third kappa shape index (κ3) is 3.33. The molecule has 0 saturated heterocycles. The zero-order chi connectivity index (χ0) is 14.5. The first-order valence-electron chi connectivity index (χ1n) is 6.22. The number of nitrogens with one attached hydrogen (secondary N) is 2. The summed E-state index contributed by atoms with van der Waals surface area (Å²) in [6, 6.07) is 8.38. The summed E-state index contributed by atoms with van der Waals surface area (Å²) >= 11 is 1.55. The van der Waals surface area contributed by atoms with Crippen LogP contribution in [0.1, 0.15) is 16.9 Å². The summed E-state index contributed by atoms with van der Waals surface area (Å²) in [7, 11) is 0. The highest BCUT2D eigenvalue weighted by Crippen LogP contribution is 2.14. The van der Waals surface area contributed by atoms with E-state index >= 15 is 0 Å². The molecule has 1 heterocycles. The molecule has 1 aromatic heterocycles. The Kier molecular flexibility index (Phi) is 4.68. The number of hydrogen-bond donors (Lipinski definition) is 3. The number of aliphatic carboxylic acids is 1. The van der Waals surface area contributed by atoms with Gasteiger partial charge in [-0.3, -0.25) is 4.79 Å². The van der Waals surface area contributed by atoms with Crippen molar-refractivity contribution in [3.63, 3.8) is 0 Å². The molecule has 0 aliphatic rings. The van der Waals surface area contributed by atoms with Crippen LogP contribution >= 0.6 is 11.8 Å². The third-order valence-corrected chi connectivity index (χ3v) is 3.63. The average Bonchev–Trinajstić information content (AvgIpc) is 2.86. The zero-order valence-electron chi connectivity index (χ0n) is 11.1. The van der Waals surface area contributed by atoms with Crippen molar-refractivity contribution in [2.45, 2.75) is 12.5 Å². The van der Waals surface area contributed by atoms with Crippen molar-refractivity contribution in [3.8, 4) is 0 Å². The van der Waals surface area contributed by atoms with Crippen LogP contribution in [0.4, 0.5) is 0 Å². The molecule has 3 N–H and O–H groups in total. The van der Waals surface area contributed by atoms with Crippen molar-refractivity contribution in [1.29, 1.82) is 0 Å². The standard InChI is InChI=1S/C14H16N2O3S/c1-20-7-6-11(14(18)19)16-13(17)12-8-9-4-2-3-5-10(9)15-12/h2-5,8,11,15H,6-7H2,1H3,(H,16,17)(H,18,19). The topological polar surface area (TPSA) is 82.2 Å². The van der Waals surface area contributed by atoms with E-state index in [0.29, 0.717) is 17.9 Å². The summed E-state index contributed by atoms with van der Waals surface area (Å²) in [6.07, 6.45) is 2.31. The van der Waals surface area contributed by atoms with Gasteiger partial charge in [-0.15, -0.1) is 0 Å². The number of H-pyrrole nitrogens is 1. The first-order valence-corrected chi connectivity index (χ1v) is 7.61. The second-order valence-corrected chi connectivity index (χ2v) is 5.40. The number of carboxylic acid groups (broad SMARTS) is 1. The summed E-state index contributed by atoms with van der Waals surface area (Å²) in [4.78, 5) is 26.2. The Morgan fingerprint density at radius 1 is 1.40 bits per heavy atom. The predicted molar refractivity (Wildman–Crippen MR) is 80.2 cm³/mol. The molecule has 1 atom stereocenters. The zero-order valence-corrected chi connectivity index (χ0v) is 11.9. The van der Waals surface area contributed by atoms with E-state index in [1.165, 1.54) is 0 Å². The molecule has 0 radical (unpaired) electrons. The number of aromatic nitrogens is 1. The molecule has 0 aliphatic carbocycles. The van der Waals surface area contributed by atoms with Crippen molar-refractivity contribution < 1.29 is 14.7 Å². The monoisotopic (exact) mass is 292 g/mol. The minimum Gasteiger partial charge on any atom is -0.480 e. The summed E-state index contributed by atoms with van der Waals surface area (Å²) < 4.78 is 0. The predicted octanol–water partition coefficient (Wildman–Crippen LogP) is 2.10. The number of aromatic amines is 1. The van der Waals surface area contributed by atoms with Gasteiger partial charge in [0.15, 0.2) is 0 Å². The van der Waals surface area contributed by atoms with Crippen molar-refractivity contribution >= 4 is 34.5 Å². The highest BCUT2D eigenvalue weighted by molar-refractivity contribution is 7.98. The molecule has 2 rings (SSSR count). The first kappa shape index (κ1) is 14.5. The lowest BCUT2D eigenvalue weighted by molar-refractivity contribution is -0.139. The van der Waals surface area contributed by atoms with E-state index in [9.17, 15) is 9.59 Å². The maximum absolute atomic E-state index is 12.1. The van der Waals surface area contributed by atoms with Crippen LogP contribution in [0, 0.1) is 0 Å². The molecule has 0 spiro atoms. The van der Waals surface area contributed by atoms with Crippen LogP contribution in [0.25, 0.3) is 10.9 Å². The SMILES string of the molecule is CSCCC(NC(=O)c1cc2ccccc2[nH]1)C(=O)O. The largest absolute Gasteiger partial charge is 0.480 e. The molecule has 20 heavy (non-hydrogen) atoms. The molecule has 0 aliphatic heterocycles. The molecule has 1 aromatic carbocycles. The second-order valence-electron chi connectivity index (χ2n) is 4.42. The van der Waals surface area contributed by atoms with Crippen LogP contribution in [-0.4, -0.2) is 40.0 Å². The summed E-state index contributed by atoms with van der Waals surface area (Å²) in [6.45, 7) is 0. The molecule has 2 aromatic rings. The minimum atomic E-state index is -1.01. The molecule has 0 saturated carbocycles. The number of amides is 1. The van der Waals surface area contributed by atoms with E-state index in [4.69, 9.17) is 5.11 Å². The molecule has 6 heteroatoms. The maximum atomic E-state index is 12.1. The molecule has 1 amide bonds. The van der Waals surface area contributed by atoms with Crippen LogP contribution in [0.5, 0.6) is 0 Å². The fourth-order valence-electron chi connectivity index (χ4n) is 1.92. The van der Waals surface area contributed by atoms with Gasteiger partial charge in [0.25, 0.3) is 5.91 Å². The molecule has 0 bridgehead atoms. The third-order valence-electron chi connectivity index (χ3n) is 2.99. The Hall–Kier alpha value is -1.95. The summed E-state index contributed by atoms with van der Waals surface area (Å²) in [5.41, 5.74) is 1.23. The number of carbonyl (C=O) groups excluding carboxylic acids is 1. The molecule has 5 nitrogen and oxygen atoms in total. The lowest BCUT2D eigenvalue weighted by atomic mass is 10.2. The number of carbonyl (C=O) groups is 2. The highest BCUT2D eigenvalue weighted by atomic mass is 32.2. The Labute approximate surface area is 120 Å². The smallest absolute Gasteiger partial charge is 0.326 e. The van der Waals surface area contributed by atoms with Crippen LogP contribution < -0.4 is 5.32 Å². The first-order chi connectivity index (χ1) is 9.61. The quantitative estimate of drug-likeness (QED) is 0.761. The number of thioether (sulfide) groups is 1. The van der Waals surface area contributed by atoms with Crippen LogP contribution in [0.15, 0.2) is 30.3 Å². The van der Waals surface area contributed by atoms with Crippen molar-refractivity contribution in [1.82, 2.24) is 10.3 Å². The van der Waals surface area contributed by atoms with E-state index in [1.807, 2.05) is 30.5 Å². The summed E-state index contributed by atoms with van der Waals surface area (Å²) in [5, 5.41) is 12.6. The van der Waals surface area contributed by atoms with E-state index in [2.05, 4.69) is 10.3 Å². The van der Waals surface area contributed by atoms with Gasteiger partial charge < -0.3 is 15.4 Å². The fraction of sp³-hybridized carbons (Fsp3) is 0.286. The average molecular weight is 292 g/mol. The van der Waals surface area contributed by atoms with Crippen molar-refractivity contribution in [3.05, 3.63) is 36.0 Å². The number of para-hydroxylation sites is 1. The van der Waals surface area contributed by atoms with Crippen LogP contribution in [0.3, 0.4) is 0 Å². The van der Waals surface area contributed by atoms with Crippen molar-refractivity contribution in [2.75, 3.05) is 12.0 Å². The second kappa shape index (κ2) is 6.47. The molecule has 0 fully saturated rings. The number of rotatable bonds is 6. The van der Waals surface area contributed by atoms with Gasteiger partial charge in [-0.1, -0.05) is 18.2 Å². The van der Waals surface area contributed by atoms with Gasteiger partial charge >= 0.3 is 5.97 Å². The van der Waals surface area contributed by atoms with Gasteiger partial charge in [0.05, 0.1) is 0 Å². The Morgan fingerprint density at radius 2 is 2.15 bits per heavy atom. The molecule has 106 valence electrons. The fourth-order valence-corrected chi connectivity index (χ4v) is 2.40. The number of benzene rings is 1. The van der Waals surface area contributed by atoms with E-state index in [1.54, 1.807) is 17.8 Å². The molecular formula is C14H16N2O3S.